The molecule has 0 spiro atoms. The highest BCUT2D eigenvalue weighted by atomic mass is 127. The van der Waals surface area contributed by atoms with Crippen LogP contribution in [0.4, 0.5) is 0 Å². The van der Waals surface area contributed by atoms with Gasteiger partial charge in [-0.2, -0.15) is 0 Å². The van der Waals surface area contributed by atoms with Crippen LogP contribution in [0.15, 0.2) is 38.4 Å². The number of furan rings is 1. The molecule has 1 saturated heterocycles. The number of carbonyl (C=O) groups is 1. The van der Waals surface area contributed by atoms with Gasteiger partial charge in [-0.05, 0) is 25.0 Å². The van der Waals surface area contributed by atoms with E-state index in [-0.39, 0.29) is 29.9 Å². The molecule has 2 aromatic rings. The van der Waals surface area contributed by atoms with Crippen LogP contribution in [0.25, 0.3) is 0 Å². The molecule has 28 heavy (non-hydrogen) atoms. The maximum absolute atomic E-state index is 12.4. The van der Waals surface area contributed by atoms with Gasteiger partial charge in [-0.1, -0.05) is 19.0 Å². The molecule has 3 rings (SSSR count). The fourth-order valence-electron chi connectivity index (χ4n) is 2.93. The molecule has 1 aliphatic heterocycles. The molecule has 3 heterocycles. The Morgan fingerprint density at radius 2 is 2.00 bits per heavy atom. The molecule has 1 fully saturated rings. The number of nitrogens with zero attached hydrogens (tertiary/aromatic N) is 4. The van der Waals surface area contributed by atoms with Crippen molar-refractivity contribution in [2.24, 2.45) is 4.99 Å². The summed E-state index contributed by atoms with van der Waals surface area (Å²) in [6.07, 6.45) is 1.52. The van der Waals surface area contributed by atoms with Gasteiger partial charge in [0.25, 0.3) is 5.91 Å². The fraction of sp³-hybridized carbons (Fsp3) is 0.526. The van der Waals surface area contributed by atoms with Crippen molar-refractivity contribution in [3.63, 3.8) is 0 Å². The Labute approximate surface area is 182 Å². The minimum atomic E-state index is -0.0653. The van der Waals surface area contributed by atoms with Crippen LogP contribution in [0.2, 0.25) is 0 Å². The Bertz CT molecular complexity index is 764. The fourth-order valence-corrected chi connectivity index (χ4v) is 2.93. The first-order valence-corrected chi connectivity index (χ1v) is 9.40. The predicted molar refractivity (Wildman–Crippen MR) is 117 cm³/mol. The van der Waals surface area contributed by atoms with Crippen molar-refractivity contribution in [1.82, 2.24) is 20.3 Å². The van der Waals surface area contributed by atoms with E-state index in [0.717, 1.165) is 24.0 Å². The summed E-state index contributed by atoms with van der Waals surface area (Å²) in [6, 6.07) is 5.38. The molecule has 0 bridgehead atoms. The van der Waals surface area contributed by atoms with Crippen molar-refractivity contribution in [3.8, 4) is 0 Å². The average Bonchev–Trinajstić information content (AvgIpc) is 3.36. The third-order valence-electron chi connectivity index (χ3n) is 4.49. The second kappa shape index (κ2) is 10.5. The number of piperazine rings is 1. The van der Waals surface area contributed by atoms with Crippen molar-refractivity contribution in [2.75, 3.05) is 32.7 Å². The topological polar surface area (TPSA) is 87.1 Å². The van der Waals surface area contributed by atoms with Gasteiger partial charge in [-0.3, -0.25) is 4.79 Å². The van der Waals surface area contributed by atoms with Gasteiger partial charge in [0.05, 0.1) is 12.0 Å². The molecule has 0 radical (unpaired) electrons. The van der Waals surface area contributed by atoms with Gasteiger partial charge in [0, 0.05) is 38.8 Å². The number of guanidine groups is 1. The number of halogens is 1. The number of rotatable bonds is 5. The minimum absolute atomic E-state index is 0. The SMILES string of the molecule is CCNC(=NCc1cc(C(C)C)no1)N1CCN(C(=O)c2ccco2)CC1.I. The Balaban J connectivity index is 0.00000280. The number of nitrogens with one attached hydrogen (secondary N) is 1. The molecule has 1 N–H and O–H groups in total. The lowest BCUT2D eigenvalue weighted by Crippen LogP contribution is -2.53. The molecule has 8 nitrogen and oxygen atoms in total. The van der Waals surface area contributed by atoms with Gasteiger partial charge in [-0.15, -0.1) is 24.0 Å². The zero-order valence-corrected chi connectivity index (χ0v) is 18.9. The van der Waals surface area contributed by atoms with Crippen LogP contribution in [0, 0.1) is 0 Å². The summed E-state index contributed by atoms with van der Waals surface area (Å²) in [5.41, 5.74) is 0.940. The van der Waals surface area contributed by atoms with Crippen LogP contribution in [-0.2, 0) is 6.54 Å². The second-order valence-electron chi connectivity index (χ2n) is 6.80. The molecule has 1 aliphatic rings. The first-order chi connectivity index (χ1) is 13.1. The van der Waals surface area contributed by atoms with E-state index in [1.807, 2.05) is 17.9 Å². The van der Waals surface area contributed by atoms with Gasteiger partial charge >= 0.3 is 0 Å². The highest BCUT2D eigenvalue weighted by Gasteiger charge is 2.25. The summed E-state index contributed by atoms with van der Waals surface area (Å²) < 4.78 is 10.6. The van der Waals surface area contributed by atoms with E-state index < -0.39 is 0 Å². The molecule has 0 aromatic carbocycles. The first kappa shape index (κ1) is 22.3. The Morgan fingerprint density at radius 3 is 2.57 bits per heavy atom. The largest absolute Gasteiger partial charge is 0.459 e. The Kier molecular flexibility index (Phi) is 8.34. The normalized spacial score (nSPS) is 14.9. The summed E-state index contributed by atoms with van der Waals surface area (Å²) in [4.78, 5) is 21.0. The van der Waals surface area contributed by atoms with Crippen LogP contribution in [0.3, 0.4) is 0 Å². The highest BCUT2D eigenvalue weighted by molar-refractivity contribution is 14.0. The third kappa shape index (κ3) is 5.49. The van der Waals surface area contributed by atoms with E-state index in [4.69, 9.17) is 8.94 Å². The summed E-state index contributed by atoms with van der Waals surface area (Å²) in [6.45, 7) is 10.1. The molecule has 0 aliphatic carbocycles. The Hall–Kier alpha value is -2.04. The monoisotopic (exact) mass is 501 g/mol. The molecule has 2 aromatic heterocycles. The molecular formula is C19H28IN5O3. The molecule has 0 unspecified atom stereocenters. The van der Waals surface area contributed by atoms with Crippen LogP contribution in [-0.4, -0.2) is 59.5 Å². The third-order valence-corrected chi connectivity index (χ3v) is 4.49. The standard InChI is InChI=1S/C19H27N5O3.HI/c1-4-20-19(21-13-15-12-16(14(2)3)22-27-15)24-9-7-23(8-10-24)18(25)17-6-5-11-26-17;/h5-6,11-12,14H,4,7-10,13H2,1-3H3,(H,20,21);1H. The average molecular weight is 501 g/mol. The summed E-state index contributed by atoms with van der Waals surface area (Å²) in [5.74, 6) is 2.23. The Morgan fingerprint density at radius 1 is 1.29 bits per heavy atom. The maximum Gasteiger partial charge on any atom is 0.289 e. The summed E-state index contributed by atoms with van der Waals surface area (Å²) >= 11 is 0. The summed E-state index contributed by atoms with van der Waals surface area (Å²) in [7, 11) is 0. The molecule has 9 heteroatoms. The molecule has 0 atom stereocenters. The van der Waals surface area contributed by atoms with E-state index in [0.29, 0.717) is 44.4 Å². The van der Waals surface area contributed by atoms with Crippen molar-refractivity contribution < 1.29 is 13.7 Å². The quantitative estimate of drug-likeness (QED) is 0.385. The summed E-state index contributed by atoms with van der Waals surface area (Å²) in [5, 5.41) is 7.39. The van der Waals surface area contributed by atoms with Crippen molar-refractivity contribution >= 4 is 35.8 Å². The van der Waals surface area contributed by atoms with Crippen LogP contribution in [0.1, 0.15) is 48.7 Å². The molecule has 1 amide bonds. The molecule has 0 saturated carbocycles. The number of amides is 1. The number of hydrogen-bond acceptors (Lipinski definition) is 5. The highest BCUT2D eigenvalue weighted by Crippen LogP contribution is 2.15. The van der Waals surface area contributed by atoms with E-state index >= 15 is 0 Å². The maximum atomic E-state index is 12.4. The van der Waals surface area contributed by atoms with E-state index in [2.05, 4.69) is 34.2 Å². The first-order valence-electron chi connectivity index (χ1n) is 9.40. The zero-order chi connectivity index (χ0) is 19.2. The molecular weight excluding hydrogens is 473 g/mol. The minimum Gasteiger partial charge on any atom is -0.459 e. The van der Waals surface area contributed by atoms with Crippen molar-refractivity contribution in [2.45, 2.75) is 33.2 Å². The lowest BCUT2D eigenvalue weighted by molar-refractivity contribution is 0.0657. The van der Waals surface area contributed by atoms with Crippen LogP contribution < -0.4 is 5.32 Å². The number of aliphatic imine (C=N–C) groups is 1. The predicted octanol–water partition coefficient (Wildman–Crippen LogP) is 2.93. The van der Waals surface area contributed by atoms with Gasteiger partial charge < -0.3 is 24.1 Å². The van der Waals surface area contributed by atoms with Crippen molar-refractivity contribution in [3.05, 3.63) is 41.7 Å². The lowest BCUT2D eigenvalue weighted by atomic mass is 10.1. The second-order valence-corrected chi connectivity index (χ2v) is 6.80. The zero-order valence-electron chi connectivity index (χ0n) is 16.6. The van der Waals surface area contributed by atoms with Gasteiger partial charge in [0.15, 0.2) is 17.5 Å². The van der Waals surface area contributed by atoms with E-state index in [9.17, 15) is 4.79 Å². The smallest absolute Gasteiger partial charge is 0.289 e. The van der Waals surface area contributed by atoms with Gasteiger partial charge in [0.2, 0.25) is 0 Å². The van der Waals surface area contributed by atoms with Gasteiger partial charge in [-0.25, -0.2) is 4.99 Å². The number of carbonyl (C=O) groups excluding carboxylic acids is 1. The molecule has 154 valence electrons. The van der Waals surface area contributed by atoms with E-state index in [1.54, 1.807) is 12.1 Å². The number of hydrogen-bond donors (Lipinski definition) is 1. The van der Waals surface area contributed by atoms with E-state index in [1.165, 1.54) is 6.26 Å². The lowest BCUT2D eigenvalue weighted by Gasteiger charge is -2.36. The van der Waals surface area contributed by atoms with Crippen molar-refractivity contribution in [1.29, 1.82) is 0 Å². The number of aromatic nitrogens is 1. The van der Waals surface area contributed by atoms with Crippen LogP contribution >= 0.6 is 24.0 Å². The van der Waals surface area contributed by atoms with Crippen LogP contribution in [0.5, 0.6) is 0 Å². The van der Waals surface area contributed by atoms with Gasteiger partial charge in [0.1, 0.15) is 6.54 Å².